The zero-order chi connectivity index (χ0) is 14.0. The number of aliphatic hydroxyl groups excluding tert-OH is 5. The summed E-state index contributed by atoms with van der Waals surface area (Å²) in [5, 5.41) is 45.2. The summed E-state index contributed by atoms with van der Waals surface area (Å²) in [4.78, 5) is 0. The van der Waals surface area contributed by atoms with E-state index in [0.717, 1.165) is 0 Å². The van der Waals surface area contributed by atoms with Crippen molar-refractivity contribution in [2.24, 2.45) is 5.41 Å². The number of ether oxygens (including phenoxy) is 2. The highest BCUT2D eigenvalue weighted by atomic mass is 16.5. The Kier molecular flexibility index (Phi) is 9.47. The van der Waals surface area contributed by atoms with Gasteiger partial charge in [0, 0.05) is 0 Å². The Hall–Kier alpha value is -0.280. The first-order valence-corrected chi connectivity index (χ1v) is 5.84. The van der Waals surface area contributed by atoms with Crippen LogP contribution >= 0.6 is 0 Å². The molecule has 110 valence electrons. The summed E-state index contributed by atoms with van der Waals surface area (Å²) in [7, 11) is 0. The van der Waals surface area contributed by atoms with E-state index in [-0.39, 0.29) is 26.4 Å². The monoisotopic (exact) mass is 268 g/mol. The Morgan fingerprint density at radius 2 is 1.56 bits per heavy atom. The van der Waals surface area contributed by atoms with Crippen LogP contribution in [0.1, 0.15) is 6.92 Å². The molecular weight excluding hydrogens is 244 g/mol. The second kappa shape index (κ2) is 9.62. The molecule has 5 N–H and O–H groups in total. The van der Waals surface area contributed by atoms with Gasteiger partial charge in [0.15, 0.2) is 0 Å². The summed E-state index contributed by atoms with van der Waals surface area (Å²) in [5.74, 6) is 0. The van der Waals surface area contributed by atoms with E-state index in [1.807, 2.05) is 0 Å². The lowest BCUT2D eigenvalue weighted by molar-refractivity contribution is -0.100. The normalized spacial score (nSPS) is 15.7. The first-order valence-electron chi connectivity index (χ1n) is 5.84. The largest absolute Gasteiger partial charge is 0.396 e. The third-order valence-electron chi connectivity index (χ3n) is 2.49. The molecule has 0 radical (unpaired) electrons. The van der Waals surface area contributed by atoms with Crippen molar-refractivity contribution in [3.8, 4) is 0 Å². The molecular formula is C11H24O7. The van der Waals surface area contributed by atoms with Gasteiger partial charge < -0.3 is 35.0 Å². The van der Waals surface area contributed by atoms with Crippen molar-refractivity contribution in [2.75, 3.05) is 46.2 Å². The molecule has 0 amide bonds. The smallest absolute Gasteiger partial charge is 0.104 e. The first kappa shape index (κ1) is 17.7. The average Bonchev–Trinajstić information content (AvgIpc) is 2.38. The fourth-order valence-electron chi connectivity index (χ4n) is 1.12. The molecule has 0 bridgehead atoms. The van der Waals surface area contributed by atoms with Crippen LogP contribution in [0.5, 0.6) is 0 Å². The van der Waals surface area contributed by atoms with Crippen molar-refractivity contribution in [1.82, 2.24) is 0 Å². The highest BCUT2D eigenvalue weighted by Crippen LogP contribution is 2.15. The molecule has 0 rings (SSSR count). The molecule has 0 aromatic rings. The van der Waals surface area contributed by atoms with Crippen LogP contribution in [-0.4, -0.2) is 84.0 Å². The second-order valence-electron chi connectivity index (χ2n) is 4.48. The Bertz CT molecular complexity index is 186. The fourth-order valence-corrected chi connectivity index (χ4v) is 1.12. The van der Waals surface area contributed by atoms with E-state index >= 15 is 0 Å². The van der Waals surface area contributed by atoms with Gasteiger partial charge in [-0.25, -0.2) is 0 Å². The van der Waals surface area contributed by atoms with Crippen LogP contribution in [0.25, 0.3) is 0 Å². The fraction of sp³-hybridized carbons (Fsp3) is 1.00. The van der Waals surface area contributed by atoms with Gasteiger partial charge in [0.2, 0.25) is 0 Å². The van der Waals surface area contributed by atoms with Crippen molar-refractivity contribution in [2.45, 2.75) is 19.1 Å². The Morgan fingerprint density at radius 3 is 1.94 bits per heavy atom. The molecule has 0 fully saturated rings. The Morgan fingerprint density at radius 1 is 1.00 bits per heavy atom. The van der Waals surface area contributed by atoms with Crippen molar-refractivity contribution < 1.29 is 35.0 Å². The summed E-state index contributed by atoms with van der Waals surface area (Å²) < 4.78 is 10.4. The highest BCUT2D eigenvalue weighted by molar-refractivity contribution is 4.76. The standard InChI is InChI=1S/C11H24O7/c1-9(16)3-18-10(2-12)4-17-8-11(5-13,6-14)7-15/h9-10,12-16H,2-8H2,1H3. The molecule has 0 aromatic heterocycles. The molecule has 0 saturated heterocycles. The maximum atomic E-state index is 9.06. The maximum Gasteiger partial charge on any atom is 0.104 e. The van der Waals surface area contributed by atoms with Gasteiger partial charge in [0.1, 0.15) is 6.10 Å². The molecule has 0 aliphatic carbocycles. The SMILES string of the molecule is CC(O)COC(CO)COCC(CO)(CO)CO. The number of hydrogen-bond acceptors (Lipinski definition) is 7. The molecule has 0 aliphatic heterocycles. The summed E-state index contributed by atoms with van der Waals surface area (Å²) in [6, 6.07) is 0. The van der Waals surface area contributed by atoms with Gasteiger partial charge >= 0.3 is 0 Å². The summed E-state index contributed by atoms with van der Waals surface area (Å²) >= 11 is 0. The minimum atomic E-state index is -1.09. The van der Waals surface area contributed by atoms with Crippen molar-refractivity contribution in [1.29, 1.82) is 0 Å². The topological polar surface area (TPSA) is 120 Å². The Balaban J connectivity index is 3.98. The van der Waals surface area contributed by atoms with Gasteiger partial charge in [-0.1, -0.05) is 0 Å². The molecule has 18 heavy (non-hydrogen) atoms. The van der Waals surface area contributed by atoms with E-state index < -0.39 is 37.4 Å². The van der Waals surface area contributed by atoms with E-state index in [1.165, 1.54) is 0 Å². The third kappa shape index (κ3) is 6.60. The first-order chi connectivity index (χ1) is 8.53. The summed E-state index contributed by atoms with van der Waals surface area (Å²) in [6.45, 7) is 0.158. The number of aliphatic hydroxyl groups is 5. The second-order valence-corrected chi connectivity index (χ2v) is 4.48. The molecule has 0 saturated carbocycles. The van der Waals surface area contributed by atoms with Crippen molar-refractivity contribution >= 4 is 0 Å². The van der Waals surface area contributed by atoms with Crippen LogP contribution in [0.2, 0.25) is 0 Å². The van der Waals surface area contributed by atoms with Gasteiger partial charge in [-0.05, 0) is 6.92 Å². The average molecular weight is 268 g/mol. The van der Waals surface area contributed by atoms with E-state index in [2.05, 4.69) is 0 Å². The predicted molar refractivity (Wildman–Crippen MR) is 63.0 cm³/mol. The molecule has 2 unspecified atom stereocenters. The lowest BCUT2D eigenvalue weighted by atomic mass is 9.93. The van der Waals surface area contributed by atoms with Crippen LogP contribution in [0, 0.1) is 5.41 Å². The predicted octanol–water partition coefficient (Wildman–Crippen LogP) is -2.28. The quantitative estimate of drug-likeness (QED) is 0.286. The van der Waals surface area contributed by atoms with E-state index in [9.17, 15) is 0 Å². The van der Waals surface area contributed by atoms with E-state index in [0.29, 0.717) is 0 Å². The van der Waals surface area contributed by atoms with Crippen molar-refractivity contribution in [3.63, 3.8) is 0 Å². The van der Waals surface area contributed by atoms with Crippen LogP contribution in [0.4, 0.5) is 0 Å². The molecule has 7 nitrogen and oxygen atoms in total. The van der Waals surface area contributed by atoms with Crippen LogP contribution in [0.15, 0.2) is 0 Å². The van der Waals surface area contributed by atoms with Gasteiger partial charge in [0.25, 0.3) is 0 Å². The van der Waals surface area contributed by atoms with Crippen molar-refractivity contribution in [3.05, 3.63) is 0 Å². The van der Waals surface area contributed by atoms with E-state index in [1.54, 1.807) is 6.92 Å². The van der Waals surface area contributed by atoms with Gasteiger partial charge in [-0.2, -0.15) is 0 Å². The minimum absolute atomic E-state index is 0.0466. The maximum absolute atomic E-state index is 9.06. The summed E-state index contributed by atoms with van der Waals surface area (Å²) in [5.41, 5.74) is -1.09. The molecule has 2 atom stereocenters. The van der Waals surface area contributed by atoms with Crippen LogP contribution < -0.4 is 0 Å². The zero-order valence-corrected chi connectivity index (χ0v) is 10.7. The van der Waals surface area contributed by atoms with Gasteiger partial charge in [0.05, 0.1) is 57.8 Å². The molecule has 0 heterocycles. The lowest BCUT2D eigenvalue weighted by Crippen LogP contribution is -2.40. The molecule has 0 spiro atoms. The molecule has 0 aromatic carbocycles. The molecule has 7 heteroatoms. The highest BCUT2D eigenvalue weighted by Gasteiger charge is 2.28. The minimum Gasteiger partial charge on any atom is -0.396 e. The van der Waals surface area contributed by atoms with E-state index in [4.69, 9.17) is 35.0 Å². The van der Waals surface area contributed by atoms with Gasteiger partial charge in [-0.15, -0.1) is 0 Å². The van der Waals surface area contributed by atoms with Crippen LogP contribution in [0.3, 0.4) is 0 Å². The number of rotatable bonds is 11. The van der Waals surface area contributed by atoms with Gasteiger partial charge in [-0.3, -0.25) is 0 Å². The Labute approximate surface area is 107 Å². The lowest BCUT2D eigenvalue weighted by Gasteiger charge is -2.27. The number of hydrogen-bond donors (Lipinski definition) is 5. The zero-order valence-electron chi connectivity index (χ0n) is 10.7. The summed E-state index contributed by atoms with van der Waals surface area (Å²) in [6.07, 6.45) is -1.22. The third-order valence-corrected chi connectivity index (χ3v) is 2.49. The van der Waals surface area contributed by atoms with Crippen LogP contribution in [-0.2, 0) is 9.47 Å². The molecule has 0 aliphatic rings.